The molecule has 2 N–H and O–H groups in total. The summed E-state index contributed by atoms with van der Waals surface area (Å²) in [4.78, 5) is 43.0. The Morgan fingerprint density at radius 2 is 1.94 bits per heavy atom. The fraction of sp³-hybridized carbons (Fsp3) is 0.455. The molecule has 33 heavy (non-hydrogen) atoms. The van der Waals surface area contributed by atoms with E-state index >= 15 is 0 Å². The van der Waals surface area contributed by atoms with E-state index in [9.17, 15) is 22.8 Å². The van der Waals surface area contributed by atoms with Gasteiger partial charge in [-0.2, -0.15) is 4.79 Å². The molecule has 1 heterocycles. The highest BCUT2D eigenvalue weighted by Gasteiger charge is 2.35. The summed E-state index contributed by atoms with van der Waals surface area (Å²) in [6.07, 6.45) is 1.42. The third kappa shape index (κ3) is 7.10. The molecule has 0 unspecified atom stereocenters. The summed E-state index contributed by atoms with van der Waals surface area (Å²) in [5.41, 5.74) is 9.94. The first-order valence-corrected chi connectivity index (χ1v) is 12.3. The minimum Gasteiger partial charge on any atom is -0.461 e. The fourth-order valence-electron chi connectivity index (χ4n) is 3.33. The van der Waals surface area contributed by atoms with Crippen LogP contribution >= 0.6 is 0 Å². The first-order valence-electron chi connectivity index (χ1n) is 10.6. The average Bonchev–Trinajstić information content (AvgIpc) is 3.17. The van der Waals surface area contributed by atoms with E-state index in [1.54, 1.807) is 20.0 Å². The molecule has 2 rings (SSSR count). The number of hydrogen-bond donors (Lipinski definition) is 2. The number of amides is 1. The van der Waals surface area contributed by atoms with Crippen molar-refractivity contribution in [1.29, 1.82) is 0 Å². The lowest BCUT2D eigenvalue weighted by molar-refractivity contribution is -0.151. The van der Waals surface area contributed by atoms with Gasteiger partial charge in [-0.15, -0.1) is 0 Å². The molecule has 0 aliphatic rings. The number of H-pyrrole nitrogens is 1. The Kier molecular flexibility index (Phi) is 9.07. The van der Waals surface area contributed by atoms with Crippen LogP contribution in [0.15, 0.2) is 30.5 Å². The van der Waals surface area contributed by atoms with Crippen molar-refractivity contribution < 1.29 is 32.3 Å². The molecule has 1 aromatic heterocycles. The number of ketones is 1. The van der Waals surface area contributed by atoms with Crippen LogP contribution in [0.3, 0.4) is 0 Å². The van der Waals surface area contributed by atoms with Gasteiger partial charge in [-0.25, -0.2) is 13.2 Å². The van der Waals surface area contributed by atoms with Gasteiger partial charge in [-0.1, -0.05) is 25.1 Å². The van der Waals surface area contributed by atoms with Gasteiger partial charge < -0.3 is 20.6 Å². The zero-order chi connectivity index (χ0) is 24.6. The van der Waals surface area contributed by atoms with E-state index in [4.69, 9.17) is 10.3 Å². The molecule has 0 radical (unpaired) electrons. The first-order chi connectivity index (χ1) is 15.6. The van der Waals surface area contributed by atoms with Gasteiger partial charge >= 0.3 is 12.2 Å². The lowest BCUT2D eigenvalue weighted by Crippen LogP contribution is -2.49. The van der Waals surface area contributed by atoms with Crippen molar-refractivity contribution in [3.05, 3.63) is 41.6 Å². The number of fused-ring (bicyclic) bond motifs is 1. The second-order valence-electron chi connectivity index (χ2n) is 7.80. The van der Waals surface area contributed by atoms with Crippen molar-refractivity contribution >= 4 is 44.6 Å². The molecule has 2 aromatic rings. The number of rotatable bonds is 12. The lowest BCUT2D eigenvalue weighted by Gasteiger charge is -2.22. The van der Waals surface area contributed by atoms with Gasteiger partial charge in [0.05, 0.1) is 6.10 Å². The van der Waals surface area contributed by atoms with Crippen molar-refractivity contribution in [2.24, 2.45) is 0 Å². The minimum absolute atomic E-state index is 0.0892. The highest BCUT2D eigenvalue weighted by molar-refractivity contribution is 7.92. The van der Waals surface area contributed by atoms with Gasteiger partial charge in [-0.3, -0.25) is 9.59 Å². The molecule has 0 spiro atoms. The van der Waals surface area contributed by atoms with E-state index in [2.05, 4.69) is 15.1 Å². The number of hydrogen-bond acceptors (Lipinski definition) is 6. The highest BCUT2D eigenvalue weighted by atomic mass is 32.2. The SMILES string of the molecule is CCS(=O)(=O)[C@@H](Cc1c[nH]c2ccccc12)C(=O)N[C@@H](CCC(=O)C=[N+]=[N-])C(=O)OC(C)C. The average molecular weight is 477 g/mol. The number of carbonyl (C=O) groups is 3. The second-order valence-corrected chi connectivity index (χ2v) is 10.3. The summed E-state index contributed by atoms with van der Waals surface area (Å²) in [6, 6.07) is 6.07. The molecular weight excluding hydrogens is 448 g/mol. The molecule has 0 aliphatic carbocycles. The van der Waals surface area contributed by atoms with Crippen LogP contribution < -0.4 is 5.32 Å². The molecule has 0 aliphatic heterocycles. The maximum Gasteiger partial charge on any atom is 0.328 e. The van der Waals surface area contributed by atoms with Gasteiger partial charge in [0.2, 0.25) is 11.7 Å². The van der Waals surface area contributed by atoms with E-state index < -0.39 is 44.9 Å². The predicted octanol–water partition coefficient (Wildman–Crippen LogP) is 1.60. The Hall–Kier alpha value is -3.30. The van der Waals surface area contributed by atoms with Gasteiger partial charge in [0, 0.05) is 35.7 Å². The number of benzene rings is 1. The van der Waals surface area contributed by atoms with E-state index in [1.165, 1.54) is 6.92 Å². The Morgan fingerprint density at radius 3 is 2.58 bits per heavy atom. The number of aromatic nitrogens is 1. The molecule has 0 fully saturated rings. The van der Waals surface area contributed by atoms with Crippen molar-refractivity contribution in [3.63, 3.8) is 0 Å². The Labute approximate surface area is 192 Å². The molecule has 10 nitrogen and oxygen atoms in total. The first kappa shape index (κ1) is 26.0. The van der Waals surface area contributed by atoms with Crippen LogP contribution in [0.4, 0.5) is 0 Å². The highest BCUT2D eigenvalue weighted by Crippen LogP contribution is 2.22. The van der Waals surface area contributed by atoms with Gasteiger partial charge in [0.15, 0.2) is 9.84 Å². The van der Waals surface area contributed by atoms with Crippen LogP contribution in [0.2, 0.25) is 0 Å². The number of para-hydroxylation sites is 1. The smallest absolute Gasteiger partial charge is 0.328 e. The number of carbonyl (C=O) groups excluding carboxylic acids is 3. The zero-order valence-electron chi connectivity index (χ0n) is 18.8. The van der Waals surface area contributed by atoms with Crippen molar-refractivity contribution in [2.45, 2.75) is 57.4 Å². The van der Waals surface area contributed by atoms with E-state index in [-0.39, 0.29) is 25.0 Å². The van der Waals surface area contributed by atoms with Crippen LogP contribution in [0.1, 0.15) is 39.2 Å². The summed E-state index contributed by atoms with van der Waals surface area (Å²) >= 11 is 0. The Morgan fingerprint density at radius 1 is 1.24 bits per heavy atom. The van der Waals surface area contributed by atoms with Gasteiger partial charge in [-0.05, 0) is 31.9 Å². The molecule has 11 heteroatoms. The zero-order valence-corrected chi connectivity index (χ0v) is 19.6. The third-order valence-corrected chi connectivity index (χ3v) is 7.09. The number of ether oxygens (including phenoxy) is 1. The molecular formula is C22H28N4O6S. The fourth-order valence-corrected chi connectivity index (χ4v) is 4.56. The number of esters is 1. The van der Waals surface area contributed by atoms with Crippen molar-refractivity contribution in [1.82, 2.24) is 10.3 Å². The number of aromatic amines is 1. The largest absolute Gasteiger partial charge is 0.461 e. The number of nitrogens with one attached hydrogen (secondary N) is 2. The van der Waals surface area contributed by atoms with Crippen LogP contribution in [-0.2, 0) is 35.4 Å². The summed E-state index contributed by atoms with van der Waals surface area (Å²) in [5, 5.41) is 1.82. The molecule has 0 saturated carbocycles. The minimum atomic E-state index is -3.84. The maximum absolute atomic E-state index is 13.1. The quantitative estimate of drug-likeness (QED) is 0.205. The monoisotopic (exact) mass is 476 g/mol. The van der Waals surface area contributed by atoms with Crippen LogP contribution in [0, 0.1) is 0 Å². The molecule has 1 aromatic carbocycles. The Balaban J connectivity index is 2.30. The third-order valence-electron chi connectivity index (χ3n) is 5.04. The molecule has 0 bridgehead atoms. The summed E-state index contributed by atoms with van der Waals surface area (Å²) in [6.45, 7) is 4.70. The summed E-state index contributed by atoms with van der Waals surface area (Å²) < 4.78 is 30.8. The standard InChI is InChI=1S/C22H28N4O6S/c1-4-33(30,31)20(11-15-12-24-18-8-6-5-7-17(15)18)21(28)26-19(22(29)32-14(2)3)10-9-16(27)13-25-23/h5-8,12-14,19-20,24H,4,9-11H2,1-3H3,(H,26,28)/t19-,20-/m0/s1. The molecule has 0 saturated heterocycles. The predicted molar refractivity (Wildman–Crippen MR) is 122 cm³/mol. The van der Waals surface area contributed by atoms with Gasteiger partial charge in [0.25, 0.3) is 0 Å². The van der Waals surface area contributed by atoms with Crippen molar-refractivity contribution in [3.8, 4) is 0 Å². The number of Topliss-reactive ketones (excluding diaryl/α,β-unsaturated/α-hetero) is 1. The Bertz CT molecular complexity index is 1160. The van der Waals surface area contributed by atoms with E-state index in [0.29, 0.717) is 11.8 Å². The lowest BCUT2D eigenvalue weighted by atomic mass is 10.1. The molecule has 178 valence electrons. The van der Waals surface area contributed by atoms with Crippen LogP contribution in [-0.4, -0.2) is 65.2 Å². The molecule has 2 atom stereocenters. The maximum atomic E-state index is 13.1. The van der Waals surface area contributed by atoms with Crippen LogP contribution in [0.5, 0.6) is 0 Å². The topological polar surface area (TPSA) is 159 Å². The molecule has 1 amide bonds. The number of nitrogens with zero attached hydrogens (tertiary/aromatic N) is 2. The van der Waals surface area contributed by atoms with E-state index in [0.717, 1.165) is 10.9 Å². The second kappa shape index (κ2) is 11.5. The number of sulfone groups is 1. The summed E-state index contributed by atoms with van der Waals surface area (Å²) in [5.74, 6) is -2.46. The van der Waals surface area contributed by atoms with E-state index in [1.807, 2.05) is 24.3 Å². The van der Waals surface area contributed by atoms with Crippen molar-refractivity contribution in [2.75, 3.05) is 5.75 Å². The van der Waals surface area contributed by atoms with Gasteiger partial charge in [0.1, 0.15) is 11.3 Å². The van der Waals surface area contributed by atoms with Crippen LogP contribution in [0.25, 0.3) is 16.4 Å². The normalized spacial score (nSPS) is 13.2. The summed E-state index contributed by atoms with van der Waals surface area (Å²) in [7, 11) is -3.84.